The van der Waals surface area contributed by atoms with Crippen LogP contribution in [-0.2, 0) is 0 Å². The molecule has 0 bridgehead atoms. The average molecular weight is 688 g/mol. The molecule has 4 heterocycles. The fraction of sp³-hybridized carbons (Fsp3) is 0. The fourth-order valence-electron chi connectivity index (χ4n) is 7.32. The quantitative estimate of drug-likeness (QED) is 0.185. The summed E-state index contributed by atoms with van der Waals surface area (Å²) in [5.41, 5.74) is 7.01. The van der Waals surface area contributed by atoms with E-state index in [9.17, 15) is 0 Å². The van der Waals surface area contributed by atoms with Gasteiger partial charge in [-0.3, -0.25) is 0 Å². The van der Waals surface area contributed by atoms with E-state index in [1.807, 2.05) is 30.3 Å². The Labute approximate surface area is 299 Å². The van der Waals surface area contributed by atoms with Gasteiger partial charge in [0.15, 0.2) is 17.5 Å². The highest BCUT2D eigenvalue weighted by Gasteiger charge is 2.18. The predicted octanol–water partition coefficient (Wildman–Crippen LogP) is 13.2. The molecule has 4 nitrogen and oxygen atoms in total. The first kappa shape index (κ1) is 28.6. The van der Waals surface area contributed by atoms with Crippen molar-refractivity contribution in [2.75, 3.05) is 0 Å². The summed E-state index contributed by atoms with van der Waals surface area (Å²) in [7, 11) is 0. The minimum absolute atomic E-state index is 0.661. The Balaban J connectivity index is 1.06. The highest BCUT2D eigenvalue weighted by Crippen LogP contribution is 2.42. The van der Waals surface area contributed by atoms with Crippen molar-refractivity contribution in [3.8, 4) is 45.3 Å². The molecule has 11 aromatic rings. The lowest BCUT2D eigenvalue weighted by atomic mass is 10.00. The first-order valence-electron chi connectivity index (χ1n) is 16.8. The van der Waals surface area contributed by atoms with Gasteiger partial charge in [0.2, 0.25) is 0 Å². The standard InChI is InChI=1S/C45H25N3OS2/c1-2-10-26(11-3-1)43-46-44(48-45(47-43)35-17-9-16-34-31-13-5-7-19-38(31)51-42(34)35)28-20-22-32-36-24-27(21-23-39(36)50-40(32)25-28)29-14-8-15-33-30-12-4-6-18-37(30)49-41(29)33/h1-25H. The van der Waals surface area contributed by atoms with Crippen molar-refractivity contribution >= 4 is 85.0 Å². The molecule has 4 aromatic heterocycles. The van der Waals surface area contributed by atoms with Crippen LogP contribution in [0.4, 0.5) is 0 Å². The Morgan fingerprint density at radius 1 is 0.373 bits per heavy atom. The molecule has 6 heteroatoms. The molecule has 11 rings (SSSR count). The summed E-state index contributed by atoms with van der Waals surface area (Å²) in [6.07, 6.45) is 0. The van der Waals surface area contributed by atoms with Gasteiger partial charge in [0, 0.05) is 73.4 Å². The Hall–Kier alpha value is -6.21. The molecule has 0 aliphatic carbocycles. The molecule has 7 aromatic carbocycles. The molecule has 0 radical (unpaired) electrons. The van der Waals surface area contributed by atoms with Crippen molar-refractivity contribution in [2.45, 2.75) is 0 Å². The van der Waals surface area contributed by atoms with Crippen LogP contribution in [0.3, 0.4) is 0 Å². The van der Waals surface area contributed by atoms with Gasteiger partial charge in [0.25, 0.3) is 0 Å². The number of nitrogens with zero attached hydrogens (tertiary/aromatic N) is 3. The summed E-state index contributed by atoms with van der Waals surface area (Å²) in [5.74, 6) is 2.00. The molecule has 0 aliphatic heterocycles. The number of aromatic nitrogens is 3. The Morgan fingerprint density at radius 2 is 1.04 bits per heavy atom. The van der Waals surface area contributed by atoms with Crippen LogP contribution in [0.15, 0.2) is 156 Å². The summed E-state index contributed by atoms with van der Waals surface area (Å²) in [6, 6.07) is 53.2. The van der Waals surface area contributed by atoms with Crippen LogP contribution in [0.2, 0.25) is 0 Å². The molecule has 0 atom stereocenters. The van der Waals surface area contributed by atoms with Gasteiger partial charge in [-0.1, -0.05) is 115 Å². The van der Waals surface area contributed by atoms with E-state index < -0.39 is 0 Å². The molecule has 0 saturated heterocycles. The second-order valence-electron chi connectivity index (χ2n) is 12.8. The van der Waals surface area contributed by atoms with E-state index in [0.717, 1.165) is 49.8 Å². The van der Waals surface area contributed by atoms with Crippen molar-refractivity contribution in [2.24, 2.45) is 0 Å². The number of fused-ring (bicyclic) bond motifs is 9. The van der Waals surface area contributed by atoms with E-state index >= 15 is 0 Å². The number of furan rings is 1. The average Bonchev–Trinajstić information content (AvgIpc) is 3.88. The summed E-state index contributed by atoms with van der Waals surface area (Å²) < 4.78 is 11.3. The van der Waals surface area contributed by atoms with Crippen LogP contribution in [0.5, 0.6) is 0 Å². The first-order chi connectivity index (χ1) is 25.2. The number of para-hydroxylation sites is 2. The zero-order chi connectivity index (χ0) is 33.5. The highest BCUT2D eigenvalue weighted by molar-refractivity contribution is 7.26. The van der Waals surface area contributed by atoms with Crippen molar-refractivity contribution in [3.05, 3.63) is 152 Å². The summed E-state index contributed by atoms with van der Waals surface area (Å²) in [6.45, 7) is 0. The predicted molar refractivity (Wildman–Crippen MR) is 215 cm³/mol. The van der Waals surface area contributed by atoms with Gasteiger partial charge in [0.05, 0.1) is 0 Å². The van der Waals surface area contributed by atoms with E-state index in [-0.39, 0.29) is 0 Å². The Morgan fingerprint density at radius 3 is 1.94 bits per heavy atom. The van der Waals surface area contributed by atoms with Crippen LogP contribution in [0, 0.1) is 0 Å². The fourth-order valence-corrected chi connectivity index (χ4v) is 9.66. The zero-order valence-electron chi connectivity index (χ0n) is 27.0. The third-order valence-electron chi connectivity index (χ3n) is 9.76. The SMILES string of the molecule is c1ccc(-c2nc(-c3ccc4c(c3)sc3ccc(-c5cccc6c5oc5ccccc56)cc34)nc(-c3cccc4c3sc3ccccc34)n2)cc1. The molecule has 0 amide bonds. The number of thiophene rings is 2. The van der Waals surface area contributed by atoms with E-state index in [0.29, 0.717) is 17.5 Å². The highest BCUT2D eigenvalue weighted by atomic mass is 32.1. The van der Waals surface area contributed by atoms with E-state index in [1.165, 1.54) is 40.3 Å². The summed E-state index contributed by atoms with van der Waals surface area (Å²) in [5, 5.41) is 7.19. The minimum atomic E-state index is 0.661. The molecule has 238 valence electrons. The molecular weight excluding hydrogens is 663 g/mol. The molecule has 51 heavy (non-hydrogen) atoms. The number of benzene rings is 7. The Bertz CT molecular complexity index is 3160. The van der Waals surface area contributed by atoms with E-state index in [2.05, 4.69) is 121 Å². The minimum Gasteiger partial charge on any atom is -0.455 e. The van der Waals surface area contributed by atoms with Gasteiger partial charge >= 0.3 is 0 Å². The summed E-state index contributed by atoms with van der Waals surface area (Å²) in [4.78, 5) is 15.3. The van der Waals surface area contributed by atoms with Gasteiger partial charge < -0.3 is 4.42 Å². The smallest absolute Gasteiger partial charge is 0.165 e. The zero-order valence-corrected chi connectivity index (χ0v) is 28.6. The topological polar surface area (TPSA) is 51.8 Å². The van der Waals surface area contributed by atoms with Crippen LogP contribution in [0.25, 0.3) is 108 Å². The maximum atomic E-state index is 6.39. The molecule has 0 N–H and O–H groups in total. The monoisotopic (exact) mass is 687 g/mol. The lowest BCUT2D eigenvalue weighted by Gasteiger charge is -2.09. The van der Waals surface area contributed by atoms with Crippen molar-refractivity contribution in [1.29, 1.82) is 0 Å². The first-order valence-corrected chi connectivity index (χ1v) is 18.5. The second-order valence-corrected chi connectivity index (χ2v) is 14.9. The van der Waals surface area contributed by atoms with E-state index in [4.69, 9.17) is 19.4 Å². The van der Waals surface area contributed by atoms with Crippen molar-refractivity contribution < 1.29 is 4.42 Å². The molecule has 0 spiro atoms. The third kappa shape index (κ3) is 4.54. The van der Waals surface area contributed by atoms with Gasteiger partial charge in [-0.25, -0.2) is 15.0 Å². The normalized spacial score (nSPS) is 11.9. The third-order valence-corrected chi connectivity index (χ3v) is 12.1. The van der Waals surface area contributed by atoms with Gasteiger partial charge in [-0.05, 0) is 42.0 Å². The van der Waals surface area contributed by atoms with Crippen molar-refractivity contribution in [1.82, 2.24) is 15.0 Å². The number of hydrogen-bond acceptors (Lipinski definition) is 6. The molecule has 0 saturated carbocycles. The lowest BCUT2D eigenvalue weighted by molar-refractivity contribution is 0.670. The van der Waals surface area contributed by atoms with Crippen LogP contribution < -0.4 is 0 Å². The van der Waals surface area contributed by atoms with Crippen molar-refractivity contribution in [3.63, 3.8) is 0 Å². The maximum Gasteiger partial charge on any atom is 0.165 e. The molecular formula is C45H25N3OS2. The Kier molecular flexibility index (Phi) is 6.26. The summed E-state index contributed by atoms with van der Waals surface area (Å²) >= 11 is 3.58. The largest absolute Gasteiger partial charge is 0.455 e. The number of hydrogen-bond donors (Lipinski definition) is 0. The van der Waals surface area contributed by atoms with Crippen LogP contribution in [-0.4, -0.2) is 15.0 Å². The van der Waals surface area contributed by atoms with E-state index in [1.54, 1.807) is 22.7 Å². The second kappa shape index (κ2) is 11.2. The number of rotatable bonds is 4. The van der Waals surface area contributed by atoms with Crippen LogP contribution >= 0.6 is 22.7 Å². The van der Waals surface area contributed by atoms with Crippen LogP contribution in [0.1, 0.15) is 0 Å². The van der Waals surface area contributed by atoms with Gasteiger partial charge in [-0.15, -0.1) is 22.7 Å². The maximum absolute atomic E-state index is 6.39. The molecule has 0 aliphatic rings. The lowest BCUT2D eigenvalue weighted by Crippen LogP contribution is -2.00. The van der Waals surface area contributed by atoms with Gasteiger partial charge in [0.1, 0.15) is 11.2 Å². The molecule has 0 fully saturated rings. The van der Waals surface area contributed by atoms with Gasteiger partial charge in [-0.2, -0.15) is 0 Å². The molecule has 0 unspecified atom stereocenters.